The highest BCUT2D eigenvalue weighted by Gasteiger charge is 2.08. The van der Waals surface area contributed by atoms with Crippen molar-refractivity contribution in [3.05, 3.63) is 0 Å². The fraction of sp³-hybridized carbons (Fsp3) is 0.800. The zero-order valence-corrected chi connectivity index (χ0v) is 5.92. The highest BCUT2D eigenvalue weighted by molar-refractivity contribution is 5.74. The van der Waals surface area contributed by atoms with Crippen LogP contribution in [0.1, 0.15) is 6.92 Å². The lowest BCUT2D eigenvalue weighted by Gasteiger charge is -2.10. The van der Waals surface area contributed by atoms with E-state index in [2.05, 4.69) is 4.84 Å². The highest BCUT2D eigenvalue weighted by atomic mass is 16.7. The Labute approximate surface area is 54.5 Å². The molecule has 0 spiro atoms. The molecule has 0 radical (unpaired) electrons. The number of nitrogens with zero attached hydrogens (tertiary/aromatic N) is 1. The van der Waals surface area contributed by atoms with Gasteiger partial charge in [-0.1, -0.05) is 0 Å². The molecule has 1 atom stereocenters. The monoisotopic (exact) mass is 132 g/mol. The lowest BCUT2D eigenvalue weighted by atomic mass is 10.4. The third-order valence-electron chi connectivity index (χ3n) is 0.644. The molecule has 0 aromatic carbocycles. The van der Waals surface area contributed by atoms with E-state index in [4.69, 9.17) is 5.73 Å². The highest BCUT2D eigenvalue weighted by Crippen LogP contribution is 1.84. The van der Waals surface area contributed by atoms with Crippen molar-refractivity contribution in [3.63, 3.8) is 0 Å². The summed E-state index contributed by atoms with van der Waals surface area (Å²) in [6.07, 6.45) is 0. The molecule has 0 saturated carbocycles. The smallest absolute Gasteiger partial charge is 0.341 e. The maximum absolute atomic E-state index is 10.6. The lowest BCUT2D eigenvalue weighted by Crippen LogP contribution is -2.32. The van der Waals surface area contributed by atoms with E-state index in [1.54, 1.807) is 21.0 Å². The Morgan fingerprint density at radius 2 is 2.11 bits per heavy atom. The molecule has 0 unspecified atom stereocenters. The van der Waals surface area contributed by atoms with Gasteiger partial charge in [-0.15, -0.1) is 5.06 Å². The molecule has 0 aliphatic rings. The van der Waals surface area contributed by atoms with Gasteiger partial charge < -0.3 is 10.6 Å². The molecular formula is C5H12N2O2. The first-order valence-corrected chi connectivity index (χ1v) is 2.68. The fourth-order valence-corrected chi connectivity index (χ4v) is 0.263. The van der Waals surface area contributed by atoms with Crippen molar-refractivity contribution < 1.29 is 9.63 Å². The summed E-state index contributed by atoms with van der Waals surface area (Å²) in [7, 11) is 3.25. The summed E-state index contributed by atoms with van der Waals surface area (Å²) < 4.78 is 0. The Hall–Kier alpha value is -0.610. The van der Waals surface area contributed by atoms with E-state index in [1.165, 1.54) is 5.06 Å². The van der Waals surface area contributed by atoms with Gasteiger partial charge in [-0.25, -0.2) is 4.79 Å². The van der Waals surface area contributed by atoms with Crippen LogP contribution in [0.5, 0.6) is 0 Å². The second-order valence-electron chi connectivity index (χ2n) is 2.01. The van der Waals surface area contributed by atoms with Crippen LogP contribution in [0, 0.1) is 0 Å². The number of hydroxylamine groups is 2. The van der Waals surface area contributed by atoms with Crippen LogP contribution >= 0.6 is 0 Å². The Kier molecular flexibility index (Phi) is 3.19. The summed E-state index contributed by atoms with van der Waals surface area (Å²) in [5.74, 6) is -0.417. The molecule has 0 saturated heterocycles. The van der Waals surface area contributed by atoms with Crippen LogP contribution in [0.3, 0.4) is 0 Å². The average molecular weight is 132 g/mol. The van der Waals surface area contributed by atoms with Crippen molar-refractivity contribution in [2.24, 2.45) is 5.73 Å². The van der Waals surface area contributed by atoms with Crippen molar-refractivity contribution in [2.45, 2.75) is 13.0 Å². The first-order valence-electron chi connectivity index (χ1n) is 2.68. The molecule has 4 nitrogen and oxygen atoms in total. The van der Waals surface area contributed by atoms with Gasteiger partial charge in [0.05, 0.1) is 0 Å². The zero-order chi connectivity index (χ0) is 7.44. The molecule has 0 fully saturated rings. The predicted octanol–water partition coefficient (Wildman–Crippen LogP) is -0.647. The largest absolute Gasteiger partial charge is 0.367 e. The zero-order valence-electron chi connectivity index (χ0n) is 5.92. The number of carbonyl (C=O) groups is 1. The molecule has 0 aromatic rings. The Bertz CT molecular complexity index is 101. The normalized spacial score (nSPS) is 13.4. The number of rotatable bonds is 2. The molecular weight excluding hydrogens is 120 g/mol. The summed E-state index contributed by atoms with van der Waals surface area (Å²) in [5.41, 5.74) is 5.18. The van der Waals surface area contributed by atoms with Crippen molar-refractivity contribution in [2.75, 3.05) is 14.1 Å². The summed E-state index contributed by atoms with van der Waals surface area (Å²) in [6, 6.07) is -0.549. The van der Waals surface area contributed by atoms with Crippen LogP contribution in [-0.4, -0.2) is 31.2 Å². The molecule has 4 heteroatoms. The van der Waals surface area contributed by atoms with E-state index in [-0.39, 0.29) is 0 Å². The summed E-state index contributed by atoms with van der Waals surface area (Å²) in [5, 5.41) is 1.31. The van der Waals surface area contributed by atoms with Crippen LogP contribution in [0.15, 0.2) is 0 Å². The van der Waals surface area contributed by atoms with Crippen LogP contribution in [0.2, 0.25) is 0 Å². The number of nitrogens with two attached hydrogens (primary N) is 1. The average Bonchev–Trinajstić information content (AvgIpc) is 1.63. The second kappa shape index (κ2) is 3.42. The van der Waals surface area contributed by atoms with Crippen LogP contribution < -0.4 is 5.73 Å². The molecule has 9 heavy (non-hydrogen) atoms. The SMILES string of the molecule is C[C@H](N)C(=O)ON(C)C. The second-order valence-corrected chi connectivity index (χ2v) is 2.01. The molecule has 0 amide bonds. The summed E-state index contributed by atoms with van der Waals surface area (Å²) in [6.45, 7) is 1.58. The van der Waals surface area contributed by atoms with Crippen molar-refractivity contribution in [1.29, 1.82) is 0 Å². The van der Waals surface area contributed by atoms with E-state index in [9.17, 15) is 4.79 Å². The third kappa shape index (κ3) is 3.93. The van der Waals surface area contributed by atoms with Crippen molar-refractivity contribution in [1.82, 2.24) is 5.06 Å². The lowest BCUT2D eigenvalue weighted by molar-refractivity contribution is -0.179. The van der Waals surface area contributed by atoms with Gasteiger partial charge >= 0.3 is 5.97 Å². The molecule has 0 heterocycles. The van der Waals surface area contributed by atoms with Gasteiger partial charge in [-0.2, -0.15) is 0 Å². The van der Waals surface area contributed by atoms with Crippen LogP contribution in [-0.2, 0) is 9.63 Å². The summed E-state index contributed by atoms with van der Waals surface area (Å²) >= 11 is 0. The standard InChI is InChI=1S/C5H12N2O2/c1-4(6)5(8)9-7(2)3/h4H,6H2,1-3H3/t4-/m0/s1. The van der Waals surface area contributed by atoms with E-state index in [1.807, 2.05) is 0 Å². The van der Waals surface area contributed by atoms with E-state index in [0.717, 1.165) is 0 Å². The minimum absolute atomic E-state index is 0.417. The molecule has 54 valence electrons. The summed E-state index contributed by atoms with van der Waals surface area (Å²) in [4.78, 5) is 15.1. The predicted molar refractivity (Wildman–Crippen MR) is 33.4 cm³/mol. The minimum Gasteiger partial charge on any atom is -0.367 e. The molecule has 0 rings (SSSR count). The van der Waals surface area contributed by atoms with Gasteiger partial charge in [-0.3, -0.25) is 0 Å². The van der Waals surface area contributed by atoms with Gasteiger partial charge in [0.2, 0.25) is 0 Å². The van der Waals surface area contributed by atoms with E-state index < -0.39 is 12.0 Å². The van der Waals surface area contributed by atoms with Crippen LogP contribution in [0.4, 0.5) is 0 Å². The Balaban J connectivity index is 3.51. The quantitative estimate of drug-likeness (QED) is 0.507. The van der Waals surface area contributed by atoms with Gasteiger partial charge in [0.15, 0.2) is 0 Å². The molecule has 0 bridgehead atoms. The van der Waals surface area contributed by atoms with Crippen molar-refractivity contribution >= 4 is 5.97 Å². The minimum atomic E-state index is -0.549. The molecule has 2 N–H and O–H groups in total. The Morgan fingerprint density at radius 1 is 1.67 bits per heavy atom. The first-order chi connectivity index (χ1) is 4.04. The number of hydrogen-bond donors (Lipinski definition) is 1. The van der Waals surface area contributed by atoms with Crippen LogP contribution in [0.25, 0.3) is 0 Å². The van der Waals surface area contributed by atoms with E-state index in [0.29, 0.717) is 0 Å². The van der Waals surface area contributed by atoms with E-state index >= 15 is 0 Å². The molecule has 0 aliphatic carbocycles. The fourth-order valence-electron chi connectivity index (χ4n) is 0.263. The van der Waals surface area contributed by atoms with Gasteiger partial charge in [0.1, 0.15) is 6.04 Å². The number of carbonyl (C=O) groups excluding carboxylic acids is 1. The maximum Gasteiger partial charge on any atom is 0.341 e. The molecule has 0 aliphatic heterocycles. The molecule has 0 aromatic heterocycles. The number of hydrogen-bond acceptors (Lipinski definition) is 4. The maximum atomic E-state index is 10.6. The van der Waals surface area contributed by atoms with Gasteiger partial charge in [0, 0.05) is 14.1 Å². The van der Waals surface area contributed by atoms with Crippen molar-refractivity contribution in [3.8, 4) is 0 Å². The third-order valence-corrected chi connectivity index (χ3v) is 0.644. The topological polar surface area (TPSA) is 55.6 Å². The Morgan fingerprint density at radius 3 is 2.22 bits per heavy atom. The van der Waals surface area contributed by atoms with Gasteiger partial charge in [0.25, 0.3) is 0 Å². The van der Waals surface area contributed by atoms with Gasteiger partial charge in [-0.05, 0) is 6.92 Å². The first kappa shape index (κ1) is 8.39.